The summed E-state index contributed by atoms with van der Waals surface area (Å²) in [6.07, 6.45) is 8.92. The van der Waals surface area contributed by atoms with Gasteiger partial charge in [-0.05, 0) is 121 Å². The van der Waals surface area contributed by atoms with Crippen molar-refractivity contribution in [3.8, 4) is 0 Å². The summed E-state index contributed by atoms with van der Waals surface area (Å²) in [5.41, 5.74) is 1.00. The van der Waals surface area contributed by atoms with E-state index in [2.05, 4.69) is 41.2 Å². The third kappa shape index (κ3) is 2.92. The molecule has 5 rings (SSSR count). The molecule has 0 heterocycles. The highest BCUT2D eigenvalue weighted by atomic mass is 16.5. The molecule has 5 saturated carbocycles. The fourth-order valence-corrected chi connectivity index (χ4v) is 11.6. The van der Waals surface area contributed by atoms with E-state index in [1.807, 2.05) is 0 Å². The molecule has 0 unspecified atom stereocenters. The Morgan fingerprint density at radius 1 is 0.824 bits per heavy atom. The van der Waals surface area contributed by atoms with Crippen LogP contribution in [0.1, 0.15) is 98.8 Å². The van der Waals surface area contributed by atoms with Crippen LogP contribution in [0, 0.1) is 56.7 Å². The molecule has 194 valence electrons. The van der Waals surface area contributed by atoms with Crippen LogP contribution < -0.4 is 0 Å². The zero-order valence-corrected chi connectivity index (χ0v) is 22.3. The molecule has 0 radical (unpaired) electrons. The van der Waals surface area contributed by atoms with Gasteiger partial charge < -0.3 is 20.4 Å². The molecule has 10 atom stereocenters. The molecule has 5 aliphatic rings. The van der Waals surface area contributed by atoms with Gasteiger partial charge in [0, 0.05) is 5.41 Å². The molecule has 0 aliphatic heterocycles. The van der Waals surface area contributed by atoms with E-state index in [-0.39, 0.29) is 46.2 Å². The number of fused-ring (bicyclic) bond motifs is 7. The van der Waals surface area contributed by atoms with Crippen molar-refractivity contribution < 1.29 is 20.4 Å². The smallest absolute Gasteiger partial charge is 0.157 e. The predicted octanol–water partition coefficient (Wildman–Crippen LogP) is 5.29. The maximum Gasteiger partial charge on any atom is 0.157 e. The SMILES string of the molecule is C=C(CO)[C@@H]1CC[C@]2(C(O)O)CC[C@]3(C)[C@H](CC[C@@H]4[C@@]5(C)CC[C@H](O)C(C)(C)[C@@H]5CC[C@]43C)[C@@H]12. The highest BCUT2D eigenvalue weighted by Gasteiger charge is 2.71. The molecule has 0 aromatic carbocycles. The highest BCUT2D eigenvalue weighted by molar-refractivity contribution is 5.22. The zero-order chi connectivity index (χ0) is 24.9. The maximum absolute atomic E-state index is 10.9. The minimum absolute atomic E-state index is 0.000736. The molecule has 0 aromatic heterocycles. The number of hydrogen-bond acceptors (Lipinski definition) is 4. The molecule has 0 saturated heterocycles. The van der Waals surface area contributed by atoms with Gasteiger partial charge in [0.05, 0.1) is 12.7 Å². The first-order chi connectivity index (χ1) is 15.8. The summed E-state index contributed by atoms with van der Waals surface area (Å²) in [6.45, 7) is 16.5. The third-order valence-electron chi connectivity index (χ3n) is 13.7. The molecule has 0 bridgehead atoms. The average Bonchev–Trinajstić information content (AvgIpc) is 3.18. The Labute approximate surface area is 207 Å². The lowest BCUT2D eigenvalue weighted by Crippen LogP contribution is -2.67. The Bertz CT molecular complexity index is 836. The lowest BCUT2D eigenvalue weighted by atomic mass is 9.32. The summed E-state index contributed by atoms with van der Waals surface area (Å²) in [5.74, 6) is 2.00. The van der Waals surface area contributed by atoms with Crippen molar-refractivity contribution >= 4 is 0 Å². The third-order valence-corrected chi connectivity index (χ3v) is 13.7. The normalized spacial score (nSPS) is 54.1. The van der Waals surface area contributed by atoms with E-state index < -0.39 is 11.7 Å². The second-order valence-corrected chi connectivity index (χ2v) is 14.6. The Morgan fingerprint density at radius 3 is 2.18 bits per heavy atom. The molecule has 34 heavy (non-hydrogen) atoms. The minimum atomic E-state index is -1.29. The maximum atomic E-state index is 10.9. The van der Waals surface area contributed by atoms with Crippen molar-refractivity contribution in [1.82, 2.24) is 0 Å². The highest BCUT2D eigenvalue weighted by Crippen LogP contribution is 2.77. The van der Waals surface area contributed by atoms with E-state index in [4.69, 9.17) is 0 Å². The van der Waals surface area contributed by atoms with Crippen LogP contribution in [0.3, 0.4) is 0 Å². The van der Waals surface area contributed by atoms with Crippen LogP contribution in [0.2, 0.25) is 0 Å². The lowest BCUT2D eigenvalue weighted by Gasteiger charge is -2.73. The number of hydrogen-bond donors (Lipinski definition) is 4. The van der Waals surface area contributed by atoms with Gasteiger partial charge in [0.2, 0.25) is 0 Å². The summed E-state index contributed by atoms with van der Waals surface area (Å²) in [7, 11) is 0. The monoisotopic (exact) mass is 474 g/mol. The molecular weight excluding hydrogens is 424 g/mol. The van der Waals surface area contributed by atoms with Gasteiger partial charge in [0.15, 0.2) is 6.29 Å². The average molecular weight is 475 g/mol. The molecule has 4 nitrogen and oxygen atoms in total. The van der Waals surface area contributed by atoms with Gasteiger partial charge in [0.1, 0.15) is 0 Å². The van der Waals surface area contributed by atoms with Gasteiger partial charge in [-0.2, -0.15) is 0 Å². The van der Waals surface area contributed by atoms with E-state index in [1.54, 1.807) is 0 Å². The van der Waals surface area contributed by atoms with Gasteiger partial charge in [0.25, 0.3) is 0 Å². The standard InChI is InChI=1S/C30H50O4/c1-18(17-31)19-9-14-30(25(33)34)16-15-28(5)20(24(19)30)7-8-22-27(4)12-11-23(32)26(2,3)21(27)10-13-29(22,28)6/h19-25,31-34H,1,7-17H2,2-6H3/t19-,20+,21-,22+,23-,24+,27-,28+,29+,30-/m0/s1. The summed E-state index contributed by atoms with van der Waals surface area (Å²) < 4.78 is 0. The second-order valence-electron chi connectivity index (χ2n) is 14.6. The van der Waals surface area contributed by atoms with Crippen LogP contribution >= 0.6 is 0 Å². The molecule has 0 spiro atoms. The van der Waals surface area contributed by atoms with Crippen LogP contribution in [0.5, 0.6) is 0 Å². The van der Waals surface area contributed by atoms with Gasteiger partial charge in [-0.15, -0.1) is 0 Å². The van der Waals surface area contributed by atoms with E-state index in [1.165, 1.54) is 19.3 Å². The van der Waals surface area contributed by atoms with Gasteiger partial charge in [-0.25, -0.2) is 0 Å². The van der Waals surface area contributed by atoms with Crippen molar-refractivity contribution in [3.05, 3.63) is 12.2 Å². The Kier molecular flexibility index (Phi) is 5.78. The lowest BCUT2D eigenvalue weighted by molar-refractivity contribution is -0.266. The quantitative estimate of drug-likeness (QED) is 0.331. The van der Waals surface area contributed by atoms with Crippen molar-refractivity contribution in [1.29, 1.82) is 0 Å². The molecule has 5 aliphatic carbocycles. The molecule has 0 aromatic rings. The van der Waals surface area contributed by atoms with E-state index in [0.717, 1.165) is 50.5 Å². The number of aliphatic hydroxyl groups is 4. The summed E-state index contributed by atoms with van der Waals surface area (Å²) in [6, 6.07) is 0. The molecule has 4 N–H and O–H groups in total. The van der Waals surface area contributed by atoms with Gasteiger partial charge in [-0.3, -0.25) is 0 Å². The van der Waals surface area contributed by atoms with E-state index in [9.17, 15) is 20.4 Å². The Morgan fingerprint density at radius 2 is 1.53 bits per heavy atom. The summed E-state index contributed by atoms with van der Waals surface area (Å²) >= 11 is 0. The zero-order valence-electron chi connectivity index (χ0n) is 22.3. The second kappa shape index (κ2) is 7.79. The van der Waals surface area contributed by atoms with Crippen molar-refractivity contribution in [2.75, 3.05) is 6.61 Å². The first-order valence-corrected chi connectivity index (χ1v) is 14.1. The van der Waals surface area contributed by atoms with E-state index in [0.29, 0.717) is 17.8 Å². The van der Waals surface area contributed by atoms with E-state index >= 15 is 0 Å². The van der Waals surface area contributed by atoms with Crippen molar-refractivity contribution in [2.24, 2.45) is 56.7 Å². The van der Waals surface area contributed by atoms with Gasteiger partial charge in [-0.1, -0.05) is 41.2 Å². The minimum Gasteiger partial charge on any atom is -0.393 e. The van der Waals surface area contributed by atoms with Crippen LogP contribution in [0.15, 0.2) is 12.2 Å². The van der Waals surface area contributed by atoms with Gasteiger partial charge >= 0.3 is 0 Å². The largest absolute Gasteiger partial charge is 0.393 e. The first-order valence-electron chi connectivity index (χ1n) is 14.1. The first kappa shape index (κ1) is 25.2. The Hall–Kier alpha value is -0.420. The number of aliphatic hydroxyl groups excluding tert-OH is 3. The Balaban J connectivity index is 1.55. The molecule has 4 heteroatoms. The number of rotatable bonds is 3. The van der Waals surface area contributed by atoms with Crippen LogP contribution in [-0.2, 0) is 0 Å². The van der Waals surface area contributed by atoms with Crippen molar-refractivity contribution in [2.45, 2.75) is 111 Å². The molecule has 0 amide bonds. The van der Waals surface area contributed by atoms with Crippen molar-refractivity contribution in [3.63, 3.8) is 0 Å². The fraction of sp³-hybridized carbons (Fsp3) is 0.933. The molecule has 5 fully saturated rings. The summed E-state index contributed by atoms with van der Waals surface area (Å²) in [5, 5.41) is 42.3. The topological polar surface area (TPSA) is 80.9 Å². The van der Waals surface area contributed by atoms with Crippen LogP contribution in [0.4, 0.5) is 0 Å². The molecular formula is C30H50O4. The van der Waals surface area contributed by atoms with Crippen LogP contribution in [0.25, 0.3) is 0 Å². The predicted molar refractivity (Wildman–Crippen MR) is 135 cm³/mol. The fourth-order valence-electron chi connectivity index (χ4n) is 11.6. The van der Waals surface area contributed by atoms with Crippen LogP contribution in [-0.4, -0.2) is 39.4 Å². The summed E-state index contributed by atoms with van der Waals surface area (Å²) in [4.78, 5) is 0.